The van der Waals surface area contributed by atoms with Crippen LogP contribution in [0.25, 0.3) is 0 Å². The zero-order valence-electron chi connectivity index (χ0n) is 11.2. The first-order valence-corrected chi connectivity index (χ1v) is 6.45. The fourth-order valence-electron chi connectivity index (χ4n) is 1.44. The summed E-state index contributed by atoms with van der Waals surface area (Å²) in [5.41, 5.74) is -0.397. The highest BCUT2D eigenvalue weighted by Crippen LogP contribution is 2.26. The van der Waals surface area contributed by atoms with Gasteiger partial charge in [-0.3, -0.25) is 0 Å². The Morgan fingerprint density at radius 2 is 1.74 bits per heavy atom. The molecule has 0 aliphatic heterocycles. The largest absolute Gasteiger partial charge is 0.467 e. The number of hydrogen-bond acceptors (Lipinski definition) is 8. The molecular weight excluding hydrogens is 266 g/mol. The Morgan fingerprint density at radius 1 is 1.11 bits per heavy atom. The summed E-state index contributed by atoms with van der Waals surface area (Å²) in [6.07, 6.45) is 1.76. The number of rotatable bonds is 5. The highest BCUT2D eigenvalue weighted by molar-refractivity contribution is 7.09. The second-order valence-electron chi connectivity index (χ2n) is 4.22. The summed E-state index contributed by atoms with van der Waals surface area (Å²) < 4.78 is 10.0. The van der Waals surface area contributed by atoms with Gasteiger partial charge in [0.05, 0.1) is 19.8 Å². The lowest BCUT2D eigenvalue weighted by Crippen LogP contribution is -2.29. The quantitative estimate of drug-likeness (QED) is 0.893. The number of ether oxygens (including phenoxy) is 2. The predicted octanol–water partition coefficient (Wildman–Crippen LogP) is 1.69. The summed E-state index contributed by atoms with van der Waals surface area (Å²) in [7, 11) is 2.98. The van der Waals surface area contributed by atoms with Gasteiger partial charge in [0.1, 0.15) is 5.01 Å². The van der Waals surface area contributed by atoms with Crippen molar-refractivity contribution in [1.82, 2.24) is 19.9 Å². The number of thiazole rings is 1. The Hall–Kier alpha value is -1.96. The third kappa shape index (κ3) is 3.08. The maximum Gasteiger partial charge on any atom is 0.324 e. The van der Waals surface area contributed by atoms with Crippen LogP contribution < -0.4 is 14.8 Å². The highest BCUT2D eigenvalue weighted by atomic mass is 32.1. The van der Waals surface area contributed by atoms with Crippen molar-refractivity contribution in [2.45, 2.75) is 19.4 Å². The van der Waals surface area contributed by atoms with Gasteiger partial charge in [-0.15, -0.1) is 16.3 Å². The van der Waals surface area contributed by atoms with Crippen molar-refractivity contribution in [1.29, 1.82) is 0 Å². The lowest BCUT2D eigenvalue weighted by Gasteiger charge is -2.23. The lowest BCUT2D eigenvalue weighted by molar-refractivity contribution is 0.340. The minimum absolute atomic E-state index is 0.198. The molecule has 0 aliphatic carbocycles. The molecule has 0 aliphatic rings. The van der Waals surface area contributed by atoms with E-state index in [9.17, 15) is 0 Å². The number of methoxy groups -OCH3 is 2. The second-order valence-corrected chi connectivity index (χ2v) is 5.11. The van der Waals surface area contributed by atoms with E-state index >= 15 is 0 Å². The van der Waals surface area contributed by atoms with E-state index < -0.39 is 5.54 Å². The Kier molecular flexibility index (Phi) is 3.79. The van der Waals surface area contributed by atoms with Crippen LogP contribution in [0.3, 0.4) is 0 Å². The van der Waals surface area contributed by atoms with E-state index in [1.807, 2.05) is 19.2 Å². The van der Waals surface area contributed by atoms with Crippen LogP contribution in [-0.2, 0) is 5.54 Å². The molecule has 0 amide bonds. The Bertz CT molecular complexity index is 522. The number of nitrogens with zero attached hydrogens (tertiary/aromatic N) is 4. The topological polar surface area (TPSA) is 82.0 Å². The monoisotopic (exact) mass is 281 g/mol. The van der Waals surface area contributed by atoms with Crippen LogP contribution in [0, 0.1) is 0 Å². The van der Waals surface area contributed by atoms with Crippen molar-refractivity contribution in [3.8, 4) is 12.0 Å². The van der Waals surface area contributed by atoms with Crippen LogP contribution in [0.4, 0.5) is 5.95 Å². The summed E-state index contributed by atoms with van der Waals surface area (Å²) >= 11 is 1.56. The predicted molar refractivity (Wildman–Crippen MR) is 71.7 cm³/mol. The van der Waals surface area contributed by atoms with Crippen molar-refractivity contribution >= 4 is 17.3 Å². The molecule has 0 radical (unpaired) electrons. The zero-order chi connectivity index (χ0) is 13.9. The third-order valence-corrected chi connectivity index (χ3v) is 3.45. The van der Waals surface area contributed by atoms with Gasteiger partial charge in [-0.25, -0.2) is 4.98 Å². The number of anilines is 1. The summed E-state index contributed by atoms with van der Waals surface area (Å²) in [5.74, 6) is 0.379. The molecule has 0 unspecified atom stereocenters. The number of nitrogens with one attached hydrogen (secondary N) is 1. The van der Waals surface area contributed by atoms with Gasteiger partial charge in [-0.05, 0) is 13.8 Å². The molecule has 8 heteroatoms. The number of hydrogen-bond donors (Lipinski definition) is 1. The maximum atomic E-state index is 5.01. The van der Waals surface area contributed by atoms with Crippen LogP contribution in [0.2, 0.25) is 0 Å². The first-order chi connectivity index (χ1) is 9.05. The molecule has 2 rings (SSSR count). The van der Waals surface area contributed by atoms with E-state index in [0.29, 0.717) is 5.95 Å². The Balaban J connectivity index is 2.27. The van der Waals surface area contributed by atoms with Crippen molar-refractivity contribution in [3.05, 3.63) is 16.6 Å². The van der Waals surface area contributed by atoms with E-state index in [1.54, 1.807) is 17.5 Å². The van der Waals surface area contributed by atoms with E-state index in [0.717, 1.165) is 5.01 Å². The van der Waals surface area contributed by atoms with Crippen LogP contribution in [0.15, 0.2) is 11.6 Å². The molecule has 1 N–H and O–H groups in total. The minimum atomic E-state index is -0.397. The average molecular weight is 281 g/mol. The van der Waals surface area contributed by atoms with Gasteiger partial charge in [0.2, 0.25) is 5.95 Å². The fraction of sp³-hybridized carbons (Fsp3) is 0.455. The zero-order valence-corrected chi connectivity index (χ0v) is 12.0. The van der Waals surface area contributed by atoms with Gasteiger partial charge in [0.15, 0.2) is 0 Å². The summed E-state index contributed by atoms with van der Waals surface area (Å²) in [5, 5.41) is 6.06. The smallest absolute Gasteiger partial charge is 0.324 e. The number of aromatic nitrogens is 4. The summed E-state index contributed by atoms with van der Waals surface area (Å²) in [4.78, 5) is 16.5. The van der Waals surface area contributed by atoms with Crippen molar-refractivity contribution < 1.29 is 9.47 Å². The minimum Gasteiger partial charge on any atom is -0.467 e. The summed E-state index contributed by atoms with van der Waals surface area (Å²) in [6.45, 7) is 3.99. The van der Waals surface area contributed by atoms with Crippen LogP contribution in [-0.4, -0.2) is 34.2 Å². The van der Waals surface area contributed by atoms with Crippen LogP contribution in [0.5, 0.6) is 12.0 Å². The van der Waals surface area contributed by atoms with Crippen molar-refractivity contribution in [2.75, 3.05) is 19.5 Å². The van der Waals surface area contributed by atoms with Crippen molar-refractivity contribution in [3.63, 3.8) is 0 Å². The Morgan fingerprint density at radius 3 is 2.21 bits per heavy atom. The molecule has 102 valence electrons. The standard InChI is InChI=1S/C11H15N5O2S/c1-11(2,7-12-5-6-19-7)16-8-13-9(17-3)15-10(14-8)18-4/h5-6H,1-4H3,(H,13,14,15,16). The molecule has 0 saturated heterocycles. The molecule has 0 saturated carbocycles. The van der Waals surface area contributed by atoms with Gasteiger partial charge in [-0.1, -0.05) is 0 Å². The highest BCUT2D eigenvalue weighted by Gasteiger charge is 2.25. The maximum absolute atomic E-state index is 5.01. The molecule has 0 spiro atoms. The molecule has 0 atom stereocenters. The fourth-order valence-corrected chi connectivity index (χ4v) is 2.16. The normalized spacial score (nSPS) is 11.2. The van der Waals surface area contributed by atoms with Gasteiger partial charge in [0.25, 0.3) is 0 Å². The first-order valence-electron chi connectivity index (χ1n) is 5.57. The Labute approximate surface area is 115 Å². The van der Waals surface area contributed by atoms with E-state index in [1.165, 1.54) is 14.2 Å². The molecule has 0 aromatic carbocycles. The van der Waals surface area contributed by atoms with Gasteiger partial charge >= 0.3 is 12.0 Å². The van der Waals surface area contributed by atoms with Gasteiger partial charge < -0.3 is 14.8 Å². The molecule has 2 aromatic rings. The van der Waals surface area contributed by atoms with Gasteiger partial charge in [0, 0.05) is 11.6 Å². The first kappa shape index (κ1) is 13.5. The van der Waals surface area contributed by atoms with Crippen LogP contribution >= 0.6 is 11.3 Å². The van der Waals surface area contributed by atoms with Gasteiger partial charge in [-0.2, -0.15) is 9.97 Å². The molecule has 0 bridgehead atoms. The van der Waals surface area contributed by atoms with Crippen LogP contribution in [0.1, 0.15) is 18.9 Å². The molecular formula is C11H15N5O2S. The second kappa shape index (κ2) is 5.35. The summed E-state index contributed by atoms with van der Waals surface area (Å²) in [6, 6.07) is 0.397. The molecule has 0 fully saturated rings. The molecule has 2 heterocycles. The van der Waals surface area contributed by atoms with E-state index in [-0.39, 0.29) is 12.0 Å². The van der Waals surface area contributed by atoms with E-state index in [4.69, 9.17) is 9.47 Å². The SMILES string of the molecule is COc1nc(NC(C)(C)c2nccs2)nc(OC)n1. The average Bonchev–Trinajstić information content (AvgIpc) is 2.92. The lowest BCUT2D eigenvalue weighted by atomic mass is 10.1. The molecule has 2 aromatic heterocycles. The van der Waals surface area contributed by atoms with Crippen molar-refractivity contribution in [2.24, 2.45) is 0 Å². The molecule has 7 nitrogen and oxygen atoms in total. The van der Waals surface area contributed by atoms with E-state index in [2.05, 4.69) is 25.3 Å². The molecule has 19 heavy (non-hydrogen) atoms. The third-order valence-electron chi connectivity index (χ3n) is 2.35.